The smallest absolute Gasteiger partial charge is 0.306 e. The number of fused-ring (bicyclic) bond motifs is 1. The Hall–Kier alpha value is -1.56. The highest BCUT2D eigenvalue weighted by Crippen LogP contribution is 2.08. The Bertz CT molecular complexity index is 667. The molecule has 0 aliphatic rings. The topological polar surface area (TPSA) is 71.9 Å². The van der Waals surface area contributed by atoms with Gasteiger partial charge < -0.3 is 4.98 Å². The second kappa shape index (κ2) is 3.79. The molecule has 1 heterocycles. The molecule has 0 aliphatic carbocycles. The lowest BCUT2D eigenvalue weighted by Gasteiger charge is -2.01. The van der Waals surface area contributed by atoms with Gasteiger partial charge in [0.1, 0.15) is 0 Å². The standard InChI is InChI=1S/C10H11N2O3S/c1-16(14,15)7-6-12-9-5-3-2-4-8(9)11-10(12)13/h2-5H,1,6-7H2,(H,11,13). The Kier molecular flexibility index (Phi) is 2.59. The molecule has 0 saturated heterocycles. The van der Waals surface area contributed by atoms with E-state index in [1.54, 1.807) is 24.3 Å². The fraction of sp³-hybridized carbons (Fsp3) is 0.200. The minimum atomic E-state index is -3.31. The number of sulfone groups is 1. The molecular weight excluding hydrogens is 228 g/mol. The van der Waals surface area contributed by atoms with E-state index < -0.39 is 9.84 Å². The summed E-state index contributed by atoms with van der Waals surface area (Å²) in [6.45, 7) is 0.120. The molecule has 0 aliphatic heterocycles. The number of nitrogens with one attached hydrogen (secondary N) is 1. The molecule has 0 fully saturated rings. The number of para-hydroxylation sites is 2. The number of imidazole rings is 1. The van der Waals surface area contributed by atoms with E-state index in [1.165, 1.54) is 4.57 Å². The molecule has 2 aromatic rings. The first-order valence-corrected chi connectivity index (χ1v) is 6.53. The Morgan fingerprint density at radius 2 is 2.00 bits per heavy atom. The molecule has 1 aromatic heterocycles. The second-order valence-corrected chi connectivity index (χ2v) is 5.44. The van der Waals surface area contributed by atoms with Crippen molar-refractivity contribution in [1.82, 2.24) is 9.55 Å². The Morgan fingerprint density at radius 3 is 2.69 bits per heavy atom. The van der Waals surface area contributed by atoms with Gasteiger partial charge >= 0.3 is 5.69 Å². The summed E-state index contributed by atoms with van der Waals surface area (Å²) in [5.41, 5.74) is 1.11. The normalized spacial score (nSPS) is 12.1. The lowest BCUT2D eigenvalue weighted by Crippen LogP contribution is -2.20. The molecule has 0 saturated carbocycles. The average Bonchev–Trinajstić information content (AvgIpc) is 2.49. The van der Waals surface area contributed by atoms with Crippen LogP contribution in [-0.4, -0.2) is 23.7 Å². The molecule has 1 radical (unpaired) electrons. The van der Waals surface area contributed by atoms with Gasteiger partial charge in [0.15, 0.2) is 9.84 Å². The predicted octanol–water partition coefficient (Wildman–Crippen LogP) is 0.536. The van der Waals surface area contributed by atoms with Crippen LogP contribution in [0.1, 0.15) is 0 Å². The van der Waals surface area contributed by atoms with Crippen LogP contribution in [-0.2, 0) is 16.4 Å². The minimum absolute atomic E-state index is 0.120. The van der Waals surface area contributed by atoms with E-state index in [0.29, 0.717) is 11.0 Å². The summed E-state index contributed by atoms with van der Waals surface area (Å²) >= 11 is 0. The molecule has 0 atom stereocenters. The van der Waals surface area contributed by atoms with E-state index in [2.05, 4.69) is 11.2 Å². The summed E-state index contributed by atoms with van der Waals surface area (Å²) < 4.78 is 23.3. The molecule has 16 heavy (non-hydrogen) atoms. The maximum absolute atomic E-state index is 11.5. The Labute approximate surface area is 92.6 Å². The monoisotopic (exact) mass is 239 g/mol. The van der Waals surface area contributed by atoms with E-state index in [-0.39, 0.29) is 18.0 Å². The molecule has 2 rings (SSSR count). The van der Waals surface area contributed by atoms with Crippen LogP contribution in [0.25, 0.3) is 11.0 Å². The van der Waals surface area contributed by atoms with Crippen molar-refractivity contribution in [3.05, 3.63) is 41.0 Å². The number of aromatic amines is 1. The number of aryl methyl sites for hydroxylation is 1. The highest BCUT2D eigenvalue weighted by Gasteiger charge is 2.08. The van der Waals surface area contributed by atoms with Gasteiger partial charge in [-0.05, 0) is 12.1 Å². The zero-order valence-electron chi connectivity index (χ0n) is 8.51. The fourth-order valence-corrected chi connectivity index (χ4v) is 2.02. The SMILES string of the molecule is [CH2]S(=O)(=O)CCn1c(=O)[nH]c2ccccc21. The number of aromatic nitrogens is 2. The first-order valence-electron chi connectivity index (χ1n) is 4.71. The third kappa shape index (κ3) is 2.16. The van der Waals surface area contributed by atoms with Gasteiger partial charge in [0.2, 0.25) is 0 Å². The lowest BCUT2D eigenvalue weighted by molar-refractivity contribution is 0.597. The number of nitrogens with zero attached hydrogens (tertiary/aromatic N) is 1. The average molecular weight is 239 g/mol. The van der Waals surface area contributed by atoms with Crippen molar-refractivity contribution in [3.8, 4) is 0 Å². The van der Waals surface area contributed by atoms with Gasteiger partial charge in [-0.25, -0.2) is 13.2 Å². The summed E-state index contributed by atoms with van der Waals surface area (Å²) in [6.07, 6.45) is 3.03. The summed E-state index contributed by atoms with van der Waals surface area (Å²) in [5, 5.41) is 0. The second-order valence-electron chi connectivity index (χ2n) is 3.55. The van der Waals surface area contributed by atoms with Crippen molar-refractivity contribution in [2.45, 2.75) is 6.54 Å². The summed E-state index contributed by atoms with van der Waals surface area (Å²) in [4.78, 5) is 14.2. The molecule has 6 heteroatoms. The van der Waals surface area contributed by atoms with Gasteiger partial charge in [0.25, 0.3) is 0 Å². The maximum atomic E-state index is 11.5. The zero-order valence-corrected chi connectivity index (χ0v) is 9.33. The van der Waals surface area contributed by atoms with Crippen LogP contribution in [0.4, 0.5) is 0 Å². The maximum Gasteiger partial charge on any atom is 0.326 e. The number of hydrogen-bond donors (Lipinski definition) is 1. The third-order valence-electron chi connectivity index (χ3n) is 2.31. The van der Waals surface area contributed by atoms with E-state index in [0.717, 1.165) is 0 Å². The quantitative estimate of drug-likeness (QED) is 0.849. The van der Waals surface area contributed by atoms with Crippen LogP contribution < -0.4 is 5.69 Å². The van der Waals surface area contributed by atoms with Gasteiger partial charge in [-0.1, -0.05) is 12.1 Å². The molecule has 5 nitrogen and oxygen atoms in total. The molecule has 1 N–H and O–H groups in total. The van der Waals surface area contributed by atoms with Gasteiger partial charge in [0, 0.05) is 6.54 Å². The third-order valence-corrected chi connectivity index (χ3v) is 3.11. The summed E-state index contributed by atoms with van der Waals surface area (Å²) in [7, 11) is -3.31. The van der Waals surface area contributed by atoms with Crippen molar-refractivity contribution in [2.75, 3.05) is 5.75 Å². The first kappa shape index (κ1) is 10.9. The van der Waals surface area contributed by atoms with Gasteiger partial charge in [-0.2, -0.15) is 0 Å². The van der Waals surface area contributed by atoms with Crippen LogP contribution in [0.15, 0.2) is 29.1 Å². The summed E-state index contributed by atoms with van der Waals surface area (Å²) in [6, 6.07) is 7.14. The van der Waals surface area contributed by atoms with Gasteiger partial charge in [0.05, 0.1) is 23.0 Å². The number of hydrogen-bond acceptors (Lipinski definition) is 3. The Morgan fingerprint density at radius 1 is 1.31 bits per heavy atom. The molecule has 1 aromatic carbocycles. The van der Waals surface area contributed by atoms with Crippen molar-refractivity contribution in [2.24, 2.45) is 0 Å². The van der Waals surface area contributed by atoms with Crippen LogP contribution in [0.5, 0.6) is 0 Å². The van der Waals surface area contributed by atoms with Crippen molar-refractivity contribution >= 4 is 20.9 Å². The minimum Gasteiger partial charge on any atom is -0.306 e. The molecule has 0 bridgehead atoms. The highest BCUT2D eigenvalue weighted by molar-refractivity contribution is 7.92. The largest absolute Gasteiger partial charge is 0.326 e. The van der Waals surface area contributed by atoms with Crippen molar-refractivity contribution < 1.29 is 8.42 Å². The summed E-state index contributed by atoms with van der Waals surface area (Å²) in [5.74, 6) is -0.144. The molecule has 0 spiro atoms. The molecule has 0 unspecified atom stereocenters. The van der Waals surface area contributed by atoms with Crippen molar-refractivity contribution in [1.29, 1.82) is 0 Å². The highest BCUT2D eigenvalue weighted by atomic mass is 32.2. The molecule has 0 amide bonds. The van der Waals surface area contributed by atoms with Crippen molar-refractivity contribution in [3.63, 3.8) is 0 Å². The van der Waals surface area contributed by atoms with E-state index in [1.807, 2.05) is 0 Å². The molecule has 85 valence electrons. The molecular formula is C10H11N2O3S. The predicted molar refractivity (Wildman–Crippen MR) is 61.7 cm³/mol. The number of benzene rings is 1. The van der Waals surface area contributed by atoms with Crippen LogP contribution in [0.3, 0.4) is 0 Å². The zero-order chi connectivity index (χ0) is 11.8. The van der Waals surface area contributed by atoms with Crippen LogP contribution in [0, 0.1) is 6.26 Å². The van der Waals surface area contributed by atoms with Gasteiger partial charge in [-0.15, -0.1) is 0 Å². The number of rotatable bonds is 3. The van der Waals surface area contributed by atoms with Crippen LogP contribution >= 0.6 is 0 Å². The van der Waals surface area contributed by atoms with Gasteiger partial charge in [-0.3, -0.25) is 4.57 Å². The van der Waals surface area contributed by atoms with Crippen LogP contribution in [0.2, 0.25) is 0 Å². The fourth-order valence-electron chi connectivity index (χ4n) is 1.56. The lowest BCUT2D eigenvalue weighted by atomic mass is 10.3. The van der Waals surface area contributed by atoms with E-state index in [4.69, 9.17) is 0 Å². The Balaban J connectivity index is 2.44. The first-order chi connectivity index (χ1) is 7.47. The number of H-pyrrole nitrogens is 1. The van der Waals surface area contributed by atoms with E-state index in [9.17, 15) is 13.2 Å². The van der Waals surface area contributed by atoms with E-state index >= 15 is 0 Å².